The fourth-order valence-electron chi connectivity index (χ4n) is 4.12. The van der Waals surface area contributed by atoms with Crippen LogP contribution in [0.4, 0.5) is 8.78 Å². The van der Waals surface area contributed by atoms with Crippen LogP contribution in [0.15, 0.2) is 0 Å². The number of fused-ring (bicyclic) bond motifs is 1. The molecule has 1 aliphatic carbocycles. The third kappa shape index (κ3) is 3.91. The van der Waals surface area contributed by atoms with Crippen LogP contribution in [0.5, 0.6) is 0 Å². The number of halogens is 2. The summed E-state index contributed by atoms with van der Waals surface area (Å²) in [4.78, 5) is 4.96. The van der Waals surface area contributed by atoms with Crippen LogP contribution >= 0.6 is 0 Å². The van der Waals surface area contributed by atoms with Crippen molar-refractivity contribution in [3.05, 3.63) is 0 Å². The topological polar surface area (TPSA) is 6.48 Å². The Kier molecular flexibility index (Phi) is 5.41. The van der Waals surface area contributed by atoms with Gasteiger partial charge in [-0.1, -0.05) is 13.8 Å². The van der Waals surface area contributed by atoms with Gasteiger partial charge in [-0.25, -0.2) is 8.78 Å². The molecular weight excluding hydrogens is 258 g/mol. The fourth-order valence-corrected chi connectivity index (χ4v) is 4.12. The van der Waals surface area contributed by atoms with Gasteiger partial charge in [0.2, 0.25) is 5.92 Å². The van der Waals surface area contributed by atoms with Crippen molar-refractivity contribution in [1.29, 1.82) is 0 Å². The molecule has 2 nitrogen and oxygen atoms in total. The van der Waals surface area contributed by atoms with E-state index in [-0.39, 0.29) is 12.8 Å². The van der Waals surface area contributed by atoms with E-state index in [1.165, 1.54) is 26.2 Å². The smallest absolute Gasteiger partial charge is 0.248 e. The van der Waals surface area contributed by atoms with Crippen LogP contribution in [-0.2, 0) is 0 Å². The lowest BCUT2D eigenvalue weighted by Gasteiger charge is -2.31. The Balaban J connectivity index is 0.000000704. The van der Waals surface area contributed by atoms with Crippen molar-refractivity contribution in [1.82, 2.24) is 9.80 Å². The molecule has 0 spiro atoms. The average Bonchev–Trinajstić information content (AvgIpc) is 2.91. The van der Waals surface area contributed by atoms with Crippen molar-refractivity contribution in [3.63, 3.8) is 0 Å². The summed E-state index contributed by atoms with van der Waals surface area (Å²) in [7, 11) is 2.20. The first-order valence-corrected chi connectivity index (χ1v) is 8.30. The van der Waals surface area contributed by atoms with E-state index in [1.807, 2.05) is 13.8 Å². The number of alkyl halides is 2. The Hall–Kier alpha value is -0.220. The predicted octanol–water partition coefficient (Wildman–Crippen LogP) is 3.33. The fraction of sp³-hybridized carbons (Fsp3) is 1.00. The van der Waals surface area contributed by atoms with E-state index in [4.69, 9.17) is 0 Å². The number of rotatable bonds is 2. The summed E-state index contributed by atoms with van der Waals surface area (Å²) in [6.45, 7) is 9.91. The van der Waals surface area contributed by atoms with Crippen LogP contribution in [0.3, 0.4) is 0 Å². The molecule has 2 heterocycles. The molecule has 1 saturated carbocycles. The standard InChI is InChI=1S/C14H24F2N2.C2H6/c1-17-7-12-9-18(10-13(12)8-17)6-11-2-4-14(15,16)5-3-11;1-2/h11-13H,2-10H2,1H3;1-2H3. The van der Waals surface area contributed by atoms with E-state index in [0.29, 0.717) is 5.92 Å². The molecule has 3 aliphatic rings. The quantitative estimate of drug-likeness (QED) is 0.769. The van der Waals surface area contributed by atoms with Gasteiger partial charge in [0.25, 0.3) is 0 Å². The van der Waals surface area contributed by atoms with Crippen molar-refractivity contribution in [2.24, 2.45) is 17.8 Å². The summed E-state index contributed by atoms with van der Waals surface area (Å²) in [5.41, 5.74) is 0. The molecule has 0 aromatic carbocycles. The van der Waals surface area contributed by atoms with Gasteiger partial charge in [-0.2, -0.15) is 0 Å². The second kappa shape index (κ2) is 6.69. The first-order chi connectivity index (χ1) is 9.52. The van der Waals surface area contributed by atoms with Gasteiger partial charge >= 0.3 is 0 Å². The molecule has 0 bridgehead atoms. The maximum Gasteiger partial charge on any atom is 0.248 e. The molecule has 118 valence electrons. The van der Waals surface area contributed by atoms with Crippen molar-refractivity contribution < 1.29 is 8.78 Å². The molecule has 0 N–H and O–H groups in total. The summed E-state index contributed by atoms with van der Waals surface area (Å²) in [5.74, 6) is -0.193. The first kappa shape index (κ1) is 16.2. The number of likely N-dealkylation sites (tertiary alicyclic amines) is 2. The van der Waals surface area contributed by atoms with Gasteiger partial charge in [0.05, 0.1) is 0 Å². The normalized spacial score (nSPS) is 34.6. The molecule has 0 radical (unpaired) electrons. The Labute approximate surface area is 122 Å². The van der Waals surface area contributed by atoms with E-state index >= 15 is 0 Å². The lowest BCUT2D eigenvalue weighted by molar-refractivity contribution is -0.0485. The van der Waals surface area contributed by atoms with E-state index in [2.05, 4.69) is 16.8 Å². The molecule has 3 fully saturated rings. The van der Waals surface area contributed by atoms with Crippen LogP contribution in [-0.4, -0.2) is 55.5 Å². The molecule has 3 rings (SSSR count). The second-order valence-electron chi connectivity index (χ2n) is 6.76. The zero-order valence-corrected chi connectivity index (χ0v) is 13.2. The van der Waals surface area contributed by atoms with Crippen LogP contribution in [0.2, 0.25) is 0 Å². The van der Waals surface area contributed by atoms with Crippen molar-refractivity contribution in [2.75, 3.05) is 39.8 Å². The van der Waals surface area contributed by atoms with E-state index in [9.17, 15) is 8.78 Å². The largest absolute Gasteiger partial charge is 0.306 e. The van der Waals surface area contributed by atoms with Crippen molar-refractivity contribution in [2.45, 2.75) is 45.5 Å². The van der Waals surface area contributed by atoms with Gasteiger partial charge in [0.15, 0.2) is 0 Å². The highest BCUT2D eigenvalue weighted by atomic mass is 19.3. The van der Waals surface area contributed by atoms with E-state index < -0.39 is 5.92 Å². The average molecular weight is 288 g/mol. The minimum Gasteiger partial charge on any atom is -0.306 e. The van der Waals surface area contributed by atoms with Crippen LogP contribution < -0.4 is 0 Å². The lowest BCUT2D eigenvalue weighted by atomic mass is 9.86. The third-order valence-corrected chi connectivity index (χ3v) is 5.10. The number of hydrogen-bond acceptors (Lipinski definition) is 2. The maximum absolute atomic E-state index is 13.1. The highest BCUT2D eigenvalue weighted by molar-refractivity contribution is 4.93. The van der Waals surface area contributed by atoms with Crippen molar-refractivity contribution >= 4 is 0 Å². The lowest BCUT2D eigenvalue weighted by Crippen LogP contribution is -2.34. The number of hydrogen-bond donors (Lipinski definition) is 0. The van der Waals surface area contributed by atoms with E-state index in [0.717, 1.165) is 31.2 Å². The highest BCUT2D eigenvalue weighted by Gasteiger charge is 2.40. The summed E-state index contributed by atoms with van der Waals surface area (Å²) in [5, 5.41) is 0. The molecule has 0 aromatic rings. The Morgan fingerprint density at radius 2 is 1.45 bits per heavy atom. The summed E-state index contributed by atoms with van der Waals surface area (Å²) in [6, 6.07) is 0. The zero-order chi connectivity index (χ0) is 14.8. The van der Waals surface area contributed by atoms with Crippen LogP contribution in [0.1, 0.15) is 39.5 Å². The second-order valence-corrected chi connectivity index (χ2v) is 6.76. The molecule has 4 heteroatoms. The molecule has 2 atom stereocenters. The van der Waals surface area contributed by atoms with Gasteiger partial charge < -0.3 is 9.80 Å². The number of nitrogens with zero attached hydrogens (tertiary/aromatic N) is 2. The van der Waals surface area contributed by atoms with Gasteiger partial charge in [-0.05, 0) is 37.6 Å². The molecule has 2 unspecified atom stereocenters. The minimum absolute atomic E-state index is 0.112. The molecular formula is C16H30F2N2. The third-order valence-electron chi connectivity index (χ3n) is 5.10. The maximum atomic E-state index is 13.1. The molecule has 2 saturated heterocycles. The Bertz CT molecular complexity index is 285. The molecule has 0 aromatic heterocycles. The van der Waals surface area contributed by atoms with Crippen LogP contribution in [0, 0.1) is 17.8 Å². The van der Waals surface area contributed by atoms with Gasteiger partial charge in [0, 0.05) is 45.6 Å². The summed E-state index contributed by atoms with van der Waals surface area (Å²) < 4.78 is 26.2. The van der Waals surface area contributed by atoms with Crippen molar-refractivity contribution in [3.8, 4) is 0 Å². The molecule has 20 heavy (non-hydrogen) atoms. The minimum atomic E-state index is -2.37. The van der Waals surface area contributed by atoms with Crippen LogP contribution in [0.25, 0.3) is 0 Å². The van der Waals surface area contributed by atoms with Gasteiger partial charge in [0.1, 0.15) is 0 Å². The predicted molar refractivity (Wildman–Crippen MR) is 79.2 cm³/mol. The molecule has 0 amide bonds. The first-order valence-electron chi connectivity index (χ1n) is 8.30. The summed E-state index contributed by atoms with van der Waals surface area (Å²) >= 11 is 0. The SMILES string of the molecule is CC.CN1CC2CN(CC3CCC(F)(F)CC3)CC2C1. The summed E-state index contributed by atoms with van der Waals surface area (Å²) in [6.07, 6.45) is 1.67. The van der Waals surface area contributed by atoms with Gasteiger partial charge in [-0.15, -0.1) is 0 Å². The van der Waals surface area contributed by atoms with Gasteiger partial charge in [-0.3, -0.25) is 0 Å². The Morgan fingerprint density at radius 1 is 0.950 bits per heavy atom. The highest BCUT2D eigenvalue weighted by Crippen LogP contribution is 2.38. The Morgan fingerprint density at radius 3 is 1.95 bits per heavy atom. The monoisotopic (exact) mass is 288 g/mol. The van der Waals surface area contributed by atoms with E-state index in [1.54, 1.807) is 0 Å². The molecule has 2 aliphatic heterocycles. The zero-order valence-electron chi connectivity index (χ0n) is 13.2.